The monoisotopic (exact) mass is 234 g/mol. The van der Waals surface area contributed by atoms with Crippen LogP contribution in [-0.2, 0) is 6.54 Å². The zero-order chi connectivity index (χ0) is 12.1. The van der Waals surface area contributed by atoms with E-state index in [1.165, 1.54) is 4.90 Å². The molecule has 1 aromatic heterocycles. The average molecular weight is 234 g/mol. The fraction of sp³-hybridized carbons (Fsp3) is 0.700. The van der Waals surface area contributed by atoms with E-state index >= 15 is 0 Å². The van der Waals surface area contributed by atoms with Crippen LogP contribution in [0.3, 0.4) is 0 Å². The van der Waals surface area contributed by atoms with Crippen LogP contribution < -0.4 is 0 Å². The van der Waals surface area contributed by atoms with Crippen LogP contribution in [0.4, 0.5) is 8.78 Å². The second-order valence-electron chi connectivity index (χ2n) is 3.60. The molecule has 1 aromatic rings. The van der Waals surface area contributed by atoms with E-state index in [4.69, 9.17) is 9.52 Å². The lowest BCUT2D eigenvalue weighted by molar-refractivity contribution is 0.0702. The van der Waals surface area contributed by atoms with E-state index in [-0.39, 0.29) is 26.2 Å². The number of hydrogen-bond acceptors (Lipinski definition) is 4. The van der Waals surface area contributed by atoms with Crippen molar-refractivity contribution in [2.75, 3.05) is 19.7 Å². The van der Waals surface area contributed by atoms with E-state index in [1.54, 1.807) is 13.8 Å². The Hall–Kier alpha value is -1.01. The Morgan fingerprint density at radius 2 is 2.12 bits per heavy atom. The molecule has 0 unspecified atom stereocenters. The van der Waals surface area contributed by atoms with Crippen molar-refractivity contribution in [2.24, 2.45) is 0 Å². The largest absolute Gasteiger partial charge is 0.444 e. The van der Waals surface area contributed by atoms with E-state index in [0.29, 0.717) is 11.7 Å². The van der Waals surface area contributed by atoms with Gasteiger partial charge in [-0.3, -0.25) is 4.90 Å². The first-order valence-corrected chi connectivity index (χ1v) is 5.07. The molecule has 6 heteroatoms. The lowest BCUT2D eigenvalue weighted by atomic mass is 10.4. The number of aliphatic hydroxyl groups is 1. The normalized spacial score (nSPS) is 11.7. The van der Waals surface area contributed by atoms with Crippen molar-refractivity contribution in [3.8, 4) is 0 Å². The van der Waals surface area contributed by atoms with Crippen molar-refractivity contribution in [3.05, 3.63) is 17.3 Å². The third-order valence-electron chi connectivity index (χ3n) is 2.24. The zero-order valence-electron chi connectivity index (χ0n) is 9.41. The van der Waals surface area contributed by atoms with E-state index in [2.05, 4.69) is 4.98 Å². The minimum Gasteiger partial charge on any atom is -0.444 e. The lowest BCUT2D eigenvalue weighted by Gasteiger charge is -2.18. The standard InChI is InChI=1S/C10H16F2N2O2/c1-7-8(2)16-10(13-7)6-14(3-4-15)5-9(11)12/h9,15H,3-6H2,1-2H3. The summed E-state index contributed by atoms with van der Waals surface area (Å²) in [4.78, 5) is 5.52. The van der Waals surface area contributed by atoms with Gasteiger partial charge in [0.1, 0.15) is 5.76 Å². The fourth-order valence-electron chi connectivity index (χ4n) is 1.37. The van der Waals surface area contributed by atoms with Gasteiger partial charge in [0, 0.05) is 6.54 Å². The van der Waals surface area contributed by atoms with Crippen LogP contribution in [0.15, 0.2) is 4.42 Å². The second-order valence-corrected chi connectivity index (χ2v) is 3.60. The molecule has 0 aliphatic carbocycles. The summed E-state index contributed by atoms with van der Waals surface area (Å²) in [5, 5.41) is 8.75. The Bertz CT molecular complexity index is 309. The van der Waals surface area contributed by atoms with Crippen LogP contribution in [0.5, 0.6) is 0 Å². The summed E-state index contributed by atoms with van der Waals surface area (Å²) in [6.45, 7) is 3.40. The van der Waals surface area contributed by atoms with Crippen LogP contribution in [0.2, 0.25) is 0 Å². The van der Waals surface area contributed by atoms with E-state index < -0.39 is 6.43 Å². The third kappa shape index (κ3) is 3.86. The molecule has 0 aromatic carbocycles. The molecule has 4 nitrogen and oxygen atoms in total. The smallest absolute Gasteiger partial charge is 0.251 e. The van der Waals surface area contributed by atoms with Gasteiger partial charge in [0.05, 0.1) is 25.4 Å². The van der Waals surface area contributed by atoms with Crippen LogP contribution in [-0.4, -0.2) is 41.1 Å². The Kier molecular flexibility index (Phi) is 4.82. The number of hydrogen-bond donors (Lipinski definition) is 1. The van der Waals surface area contributed by atoms with Crippen LogP contribution >= 0.6 is 0 Å². The van der Waals surface area contributed by atoms with Gasteiger partial charge in [0.25, 0.3) is 6.43 Å². The summed E-state index contributed by atoms with van der Waals surface area (Å²) >= 11 is 0. The minimum atomic E-state index is -2.43. The van der Waals surface area contributed by atoms with Crippen molar-refractivity contribution in [1.82, 2.24) is 9.88 Å². The first-order chi connectivity index (χ1) is 7.52. The molecule has 0 fully saturated rings. The molecule has 0 aliphatic rings. The number of aryl methyl sites for hydroxylation is 2. The van der Waals surface area contributed by atoms with Crippen molar-refractivity contribution in [1.29, 1.82) is 0 Å². The zero-order valence-corrected chi connectivity index (χ0v) is 9.41. The van der Waals surface area contributed by atoms with Crippen molar-refractivity contribution in [3.63, 3.8) is 0 Å². The highest BCUT2D eigenvalue weighted by molar-refractivity contribution is 5.05. The molecule has 0 bridgehead atoms. The summed E-state index contributed by atoms with van der Waals surface area (Å²) in [6.07, 6.45) is -2.43. The molecule has 1 heterocycles. The van der Waals surface area contributed by atoms with Gasteiger partial charge in [0.15, 0.2) is 0 Å². The minimum absolute atomic E-state index is 0.161. The number of oxazole rings is 1. The number of nitrogens with zero attached hydrogens (tertiary/aromatic N) is 2. The quantitative estimate of drug-likeness (QED) is 0.807. The molecule has 92 valence electrons. The molecular formula is C10H16F2N2O2. The summed E-state index contributed by atoms with van der Waals surface area (Å²) in [7, 11) is 0. The van der Waals surface area contributed by atoms with E-state index in [1.807, 2.05) is 0 Å². The van der Waals surface area contributed by atoms with Gasteiger partial charge in [-0.2, -0.15) is 0 Å². The topological polar surface area (TPSA) is 49.5 Å². The molecule has 0 spiro atoms. The molecule has 0 saturated heterocycles. The van der Waals surface area contributed by atoms with E-state index in [9.17, 15) is 8.78 Å². The summed E-state index contributed by atoms with van der Waals surface area (Å²) < 4.78 is 29.7. The molecule has 0 radical (unpaired) electrons. The van der Waals surface area contributed by atoms with Gasteiger partial charge in [0.2, 0.25) is 5.89 Å². The highest BCUT2D eigenvalue weighted by atomic mass is 19.3. The maximum absolute atomic E-state index is 12.2. The average Bonchev–Trinajstić information content (AvgIpc) is 2.45. The predicted octanol–water partition coefficient (Wildman–Crippen LogP) is 1.35. The van der Waals surface area contributed by atoms with Gasteiger partial charge in [-0.1, -0.05) is 0 Å². The number of halogens is 2. The van der Waals surface area contributed by atoms with Crippen LogP contribution in [0.25, 0.3) is 0 Å². The number of aromatic nitrogens is 1. The highest BCUT2D eigenvalue weighted by Gasteiger charge is 2.15. The second kappa shape index (κ2) is 5.91. The number of rotatable bonds is 6. The Morgan fingerprint density at radius 1 is 1.44 bits per heavy atom. The molecule has 0 atom stereocenters. The van der Waals surface area contributed by atoms with Crippen LogP contribution in [0.1, 0.15) is 17.3 Å². The van der Waals surface area contributed by atoms with Crippen LogP contribution in [0, 0.1) is 13.8 Å². The molecule has 1 N–H and O–H groups in total. The van der Waals surface area contributed by atoms with Crippen molar-refractivity contribution < 1.29 is 18.3 Å². The van der Waals surface area contributed by atoms with E-state index in [0.717, 1.165) is 5.69 Å². The van der Waals surface area contributed by atoms with Gasteiger partial charge in [-0.25, -0.2) is 13.8 Å². The number of alkyl halides is 2. The summed E-state index contributed by atoms with van der Waals surface area (Å²) in [5.74, 6) is 1.10. The summed E-state index contributed by atoms with van der Waals surface area (Å²) in [6, 6.07) is 0. The maximum atomic E-state index is 12.2. The molecule has 0 saturated carbocycles. The van der Waals surface area contributed by atoms with Crippen molar-refractivity contribution >= 4 is 0 Å². The lowest BCUT2D eigenvalue weighted by Crippen LogP contribution is -2.31. The molecule has 0 aliphatic heterocycles. The molecule has 1 rings (SSSR count). The maximum Gasteiger partial charge on any atom is 0.251 e. The van der Waals surface area contributed by atoms with Gasteiger partial charge in [-0.05, 0) is 13.8 Å². The Balaban J connectivity index is 2.59. The molecular weight excluding hydrogens is 218 g/mol. The first kappa shape index (κ1) is 13.1. The Labute approximate surface area is 92.9 Å². The molecule has 0 amide bonds. The SMILES string of the molecule is Cc1nc(CN(CCO)CC(F)F)oc1C. The van der Waals surface area contributed by atoms with Crippen molar-refractivity contribution in [2.45, 2.75) is 26.8 Å². The van der Waals surface area contributed by atoms with Gasteiger partial charge >= 0.3 is 0 Å². The van der Waals surface area contributed by atoms with Gasteiger partial charge in [-0.15, -0.1) is 0 Å². The highest BCUT2D eigenvalue weighted by Crippen LogP contribution is 2.11. The van der Waals surface area contributed by atoms with Gasteiger partial charge < -0.3 is 9.52 Å². The predicted molar refractivity (Wildman–Crippen MR) is 54.3 cm³/mol. The fourth-order valence-corrected chi connectivity index (χ4v) is 1.37. The number of aliphatic hydroxyl groups excluding tert-OH is 1. The third-order valence-corrected chi connectivity index (χ3v) is 2.24. The first-order valence-electron chi connectivity index (χ1n) is 5.07. The Morgan fingerprint density at radius 3 is 2.56 bits per heavy atom. The molecule has 16 heavy (non-hydrogen) atoms. The summed E-state index contributed by atoms with van der Waals surface area (Å²) in [5.41, 5.74) is 0.760.